The Hall–Kier alpha value is -3.45. The summed E-state index contributed by atoms with van der Waals surface area (Å²) in [4.78, 5) is 15.9. The first-order chi connectivity index (χ1) is 16.2. The molecule has 33 heavy (non-hydrogen) atoms. The van der Waals surface area contributed by atoms with Gasteiger partial charge < -0.3 is 9.64 Å². The molecule has 1 aliphatic rings. The minimum absolute atomic E-state index is 0.0128. The SMILES string of the molecule is CCc1nn(-c2ccccc2)c(Oc2ccccc2F)c1CN(C(=O)c1cccs1)C1CC1. The molecule has 0 spiro atoms. The van der Waals surface area contributed by atoms with Gasteiger partial charge in [0.1, 0.15) is 0 Å². The number of para-hydroxylation sites is 2. The Balaban J connectivity index is 1.60. The van der Waals surface area contributed by atoms with E-state index >= 15 is 0 Å². The molecular formula is C26H24FN3O2S. The van der Waals surface area contributed by atoms with E-state index < -0.39 is 5.82 Å². The van der Waals surface area contributed by atoms with Crippen molar-refractivity contribution in [3.63, 3.8) is 0 Å². The Morgan fingerprint density at radius 1 is 1.12 bits per heavy atom. The predicted molar refractivity (Wildman–Crippen MR) is 127 cm³/mol. The number of aryl methyl sites for hydroxylation is 1. The summed E-state index contributed by atoms with van der Waals surface area (Å²) >= 11 is 1.44. The van der Waals surface area contributed by atoms with Crippen molar-refractivity contribution < 1.29 is 13.9 Å². The van der Waals surface area contributed by atoms with Crippen molar-refractivity contribution in [2.75, 3.05) is 0 Å². The maximum absolute atomic E-state index is 14.5. The molecule has 2 heterocycles. The van der Waals surface area contributed by atoms with Crippen molar-refractivity contribution in [2.24, 2.45) is 0 Å². The van der Waals surface area contributed by atoms with Crippen LogP contribution in [0.1, 0.15) is 40.7 Å². The smallest absolute Gasteiger partial charge is 0.264 e. The van der Waals surface area contributed by atoms with E-state index in [9.17, 15) is 9.18 Å². The molecule has 0 aliphatic heterocycles. The van der Waals surface area contributed by atoms with Crippen molar-refractivity contribution in [1.29, 1.82) is 0 Å². The normalized spacial score (nSPS) is 13.2. The maximum Gasteiger partial charge on any atom is 0.264 e. The fourth-order valence-corrected chi connectivity index (χ4v) is 4.55. The summed E-state index contributed by atoms with van der Waals surface area (Å²) < 4.78 is 22.4. The largest absolute Gasteiger partial charge is 0.435 e. The number of amides is 1. The molecule has 0 saturated heterocycles. The highest BCUT2D eigenvalue weighted by Gasteiger charge is 2.35. The zero-order valence-corrected chi connectivity index (χ0v) is 19.1. The van der Waals surface area contributed by atoms with Gasteiger partial charge >= 0.3 is 0 Å². The van der Waals surface area contributed by atoms with Gasteiger partial charge in [0.2, 0.25) is 5.88 Å². The van der Waals surface area contributed by atoms with Crippen LogP contribution in [0.5, 0.6) is 11.6 Å². The van der Waals surface area contributed by atoms with Gasteiger partial charge in [-0.1, -0.05) is 43.3 Å². The molecule has 7 heteroatoms. The number of benzene rings is 2. The van der Waals surface area contributed by atoms with Crippen molar-refractivity contribution in [1.82, 2.24) is 14.7 Å². The lowest BCUT2D eigenvalue weighted by atomic mass is 10.1. The minimum Gasteiger partial charge on any atom is -0.435 e. The number of hydrogen-bond acceptors (Lipinski definition) is 4. The first-order valence-corrected chi connectivity index (χ1v) is 12.0. The van der Waals surface area contributed by atoms with Crippen molar-refractivity contribution >= 4 is 17.2 Å². The fraction of sp³-hybridized carbons (Fsp3) is 0.231. The van der Waals surface area contributed by atoms with Gasteiger partial charge in [-0.3, -0.25) is 4.79 Å². The average molecular weight is 462 g/mol. The van der Waals surface area contributed by atoms with Crippen LogP contribution in [-0.2, 0) is 13.0 Å². The number of rotatable bonds is 8. The van der Waals surface area contributed by atoms with Crippen LogP contribution in [0.25, 0.3) is 5.69 Å². The van der Waals surface area contributed by atoms with Gasteiger partial charge in [0, 0.05) is 6.04 Å². The van der Waals surface area contributed by atoms with Gasteiger partial charge in [-0.2, -0.15) is 5.10 Å². The van der Waals surface area contributed by atoms with Crippen molar-refractivity contribution in [2.45, 2.75) is 38.8 Å². The highest BCUT2D eigenvalue weighted by molar-refractivity contribution is 7.12. The lowest BCUT2D eigenvalue weighted by Crippen LogP contribution is -2.32. The van der Waals surface area contributed by atoms with Gasteiger partial charge in [0.15, 0.2) is 11.6 Å². The number of thiophene rings is 1. The lowest BCUT2D eigenvalue weighted by molar-refractivity contribution is 0.0733. The van der Waals surface area contributed by atoms with Crippen molar-refractivity contribution in [3.8, 4) is 17.3 Å². The lowest BCUT2D eigenvalue weighted by Gasteiger charge is -2.22. The van der Waals surface area contributed by atoms with E-state index in [0.29, 0.717) is 23.7 Å². The first-order valence-electron chi connectivity index (χ1n) is 11.1. The Kier molecular flexibility index (Phi) is 5.96. The minimum atomic E-state index is -0.448. The van der Waals surface area contributed by atoms with Crippen LogP contribution in [0.4, 0.5) is 4.39 Å². The van der Waals surface area contributed by atoms with Gasteiger partial charge in [0.05, 0.1) is 28.4 Å². The van der Waals surface area contributed by atoms with Gasteiger partial charge in [-0.15, -0.1) is 11.3 Å². The number of nitrogens with zero attached hydrogens (tertiary/aromatic N) is 3. The molecular weight excluding hydrogens is 437 g/mol. The second-order valence-electron chi connectivity index (χ2n) is 8.01. The Bertz CT molecular complexity index is 1250. The maximum atomic E-state index is 14.5. The highest BCUT2D eigenvalue weighted by atomic mass is 32.1. The highest BCUT2D eigenvalue weighted by Crippen LogP contribution is 2.37. The van der Waals surface area contributed by atoms with Gasteiger partial charge in [-0.05, 0) is 55.0 Å². The Morgan fingerprint density at radius 3 is 2.55 bits per heavy atom. The summed E-state index contributed by atoms with van der Waals surface area (Å²) in [6.45, 7) is 2.39. The van der Waals surface area contributed by atoms with E-state index in [4.69, 9.17) is 9.84 Å². The predicted octanol–water partition coefficient (Wildman–Crippen LogP) is 6.23. The summed E-state index contributed by atoms with van der Waals surface area (Å²) in [5.41, 5.74) is 2.45. The number of aromatic nitrogens is 2. The van der Waals surface area contributed by atoms with Gasteiger partial charge in [0.25, 0.3) is 5.91 Å². The molecule has 1 saturated carbocycles. The summed E-state index contributed by atoms with van der Waals surface area (Å²) in [5, 5.41) is 6.73. The van der Waals surface area contributed by atoms with Crippen molar-refractivity contribution in [3.05, 3.63) is 94.1 Å². The van der Waals surface area contributed by atoms with E-state index in [1.165, 1.54) is 17.4 Å². The molecule has 2 aromatic heterocycles. The summed E-state index contributed by atoms with van der Waals surface area (Å²) in [5.74, 6) is 0.128. The van der Waals surface area contributed by atoms with E-state index in [2.05, 4.69) is 0 Å². The summed E-state index contributed by atoms with van der Waals surface area (Å²) in [7, 11) is 0. The molecule has 1 fully saturated rings. The number of ether oxygens (including phenoxy) is 1. The second-order valence-corrected chi connectivity index (χ2v) is 8.95. The van der Waals surface area contributed by atoms with Crippen LogP contribution in [0, 0.1) is 5.82 Å². The molecule has 5 nitrogen and oxygen atoms in total. The zero-order chi connectivity index (χ0) is 22.8. The Labute approximate surface area is 196 Å². The fourth-order valence-electron chi connectivity index (χ4n) is 3.87. The van der Waals surface area contributed by atoms with Crippen LogP contribution >= 0.6 is 11.3 Å². The topological polar surface area (TPSA) is 47.4 Å². The van der Waals surface area contributed by atoms with Crippen LogP contribution in [0.3, 0.4) is 0 Å². The third kappa shape index (κ3) is 4.41. The molecule has 5 rings (SSSR count). The van der Waals surface area contributed by atoms with E-state index in [0.717, 1.165) is 29.8 Å². The molecule has 168 valence electrons. The molecule has 2 aromatic carbocycles. The Morgan fingerprint density at radius 2 is 1.88 bits per heavy atom. The molecule has 0 unspecified atom stereocenters. The molecule has 0 bridgehead atoms. The molecule has 0 atom stereocenters. The third-order valence-electron chi connectivity index (χ3n) is 5.71. The van der Waals surface area contributed by atoms with E-state index in [1.807, 2.05) is 59.7 Å². The second kappa shape index (κ2) is 9.19. The van der Waals surface area contributed by atoms with Gasteiger partial charge in [-0.25, -0.2) is 9.07 Å². The van der Waals surface area contributed by atoms with Crippen LogP contribution < -0.4 is 4.74 Å². The number of carbonyl (C=O) groups is 1. The summed E-state index contributed by atoms with van der Waals surface area (Å²) in [6.07, 6.45) is 2.62. The number of halogens is 1. The van der Waals surface area contributed by atoms with Crippen LogP contribution in [-0.4, -0.2) is 26.6 Å². The number of hydrogen-bond donors (Lipinski definition) is 0. The third-order valence-corrected chi connectivity index (χ3v) is 6.57. The quantitative estimate of drug-likeness (QED) is 0.312. The first kappa shape index (κ1) is 21.4. The zero-order valence-electron chi connectivity index (χ0n) is 18.3. The molecule has 0 N–H and O–H groups in total. The number of carbonyl (C=O) groups excluding carboxylic acids is 1. The average Bonchev–Trinajstić information content (AvgIpc) is 3.41. The molecule has 4 aromatic rings. The van der Waals surface area contributed by atoms with Crippen LogP contribution in [0.2, 0.25) is 0 Å². The van der Waals surface area contributed by atoms with Crippen LogP contribution in [0.15, 0.2) is 72.1 Å². The van der Waals surface area contributed by atoms with E-state index in [-0.39, 0.29) is 17.7 Å². The molecule has 1 aliphatic carbocycles. The standard InChI is InChI=1S/C26H24FN3O2S/c1-2-22-20(17-29(18-14-15-18)25(31)24-13-8-16-33-24)26(32-23-12-7-6-11-21(23)27)30(28-22)19-9-4-3-5-10-19/h3-13,16,18H,2,14-15,17H2,1H3. The molecule has 0 radical (unpaired) electrons. The molecule has 1 amide bonds. The summed E-state index contributed by atoms with van der Waals surface area (Å²) in [6, 6.07) is 19.9. The van der Waals surface area contributed by atoms with E-state index in [1.54, 1.807) is 22.9 Å². The monoisotopic (exact) mass is 461 g/mol.